The Morgan fingerprint density at radius 2 is 1.74 bits per heavy atom. The summed E-state index contributed by atoms with van der Waals surface area (Å²) in [6.45, 7) is 4.19. The molecule has 4 aromatic rings. The topological polar surface area (TPSA) is 64.0 Å². The number of nitrogens with zero attached hydrogens (tertiary/aromatic N) is 2. The number of nitrogens with one attached hydrogen (secondary N) is 1. The number of carbonyl (C=O) groups excluding carboxylic acids is 1. The predicted octanol–water partition coefficient (Wildman–Crippen LogP) is 5.27. The lowest BCUT2D eigenvalue weighted by molar-refractivity contribution is 0.0951. The van der Waals surface area contributed by atoms with E-state index in [4.69, 9.17) is 4.98 Å². The highest BCUT2D eigenvalue weighted by atomic mass is 32.2. The molecule has 1 saturated carbocycles. The normalized spacial score (nSPS) is 13.1. The van der Waals surface area contributed by atoms with Crippen LogP contribution in [-0.2, 0) is 12.3 Å². The van der Waals surface area contributed by atoms with Gasteiger partial charge in [-0.3, -0.25) is 14.2 Å². The van der Waals surface area contributed by atoms with Crippen molar-refractivity contribution in [3.05, 3.63) is 112 Å². The maximum Gasteiger partial charge on any atom is 0.262 e. The number of hydrogen-bond acceptors (Lipinski definition) is 4. The molecule has 6 heteroatoms. The molecule has 0 aliphatic heterocycles. The number of fused-ring (bicyclic) bond motifs is 1. The van der Waals surface area contributed by atoms with Crippen LogP contribution in [0.25, 0.3) is 17.0 Å². The van der Waals surface area contributed by atoms with E-state index in [-0.39, 0.29) is 11.5 Å². The Kier molecular flexibility index (Phi) is 6.32. The lowest BCUT2D eigenvalue weighted by atomic mass is 10.1. The summed E-state index contributed by atoms with van der Waals surface area (Å²) in [4.78, 5) is 30.5. The Balaban J connectivity index is 1.42. The molecule has 0 radical (unpaired) electrons. The van der Waals surface area contributed by atoms with Crippen molar-refractivity contribution in [3.8, 4) is 0 Å². The SMILES string of the molecule is C=Cc1ccc(CSc2nc3ccccc3c(=O)n2Cc2ccc(C(=O)NC3CC3)cc2)cc1. The molecule has 5 nitrogen and oxygen atoms in total. The summed E-state index contributed by atoms with van der Waals surface area (Å²) in [6, 6.07) is 23.4. The van der Waals surface area contributed by atoms with Crippen molar-refractivity contribution in [1.29, 1.82) is 0 Å². The molecular formula is C28H25N3O2S. The summed E-state index contributed by atoms with van der Waals surface area (Å²) in [7, 11) is 0. The molecule has 5 rings (SSSR count). The first-order valence-corrected chi connectivity index (χ1v) is 12.3. The van der Waals surface area contributed by atoms with Gasteiger partial charge in [-0.15, -0.1) is 0 Å². The van der Waals surface area contributed by atoms with E-state index < -0.39 is 0 Å². The van der Waals surface area contributed by atoms with Crippen molar-refractivity contribution < 1.29 is 4.79 Å². The molecule has 1 amide bonds. The average Bonchev–Trinajstić information content (AvgIpc) is 3.69. The summed E-state index contributed by atoms with van der Waals surface area (Å²) in [5, 5.41) is 4.28. The first-order valence-electron chi connectivity index (χ1n) is 11.3. The highest BCUT2D eigenvalue weighted by Crippen LogP contribution is 2.24. The number of carbonyl (C=O) groups is 1. The van der Waals surface area contributed by atoms with Crippen LogP contribution in [0.4, 0.5) is 0 Å². The predicted molar refractivity (Wildman–Crippen MR) is 138 cm³/mol. The summed E-state index contributed by atoms with van der Waals surface area (Å²) in [5.41, 5.74) is 4.43. The fourth-order valence-electron chi connectivity index (χ4n) is 3.74. The smallest absolute Gasteiger partial charge is 0.262 e. The van der Waals surface area contributed by atoms with E-state index in [0.717, 1.165) is 29.5 Å². The lowest BCUT2D eigenvalue weighted by Crippen LogP contribution is -2.25. The van der Waals surface area contributed by atoms with Gasteiger partial charge in [-0.2, -0.15) is 0 Å². The second kappa shape index (κ2) is 9.69. The maximum absolute atomic E-state index is 13.4. The van der Waals surface area contributed by atoms with Crippen LogP contribution in [0.15, 0.2) is 89.3 Å². The zero-order valence-corrected chi connectivity index (χ0v) is 19.6. The first kappa shape index (κ1) is 22.2. The van der Waals surface area contributed by atoms with Gasteiger partial charge in [0.15, 0.2) is 5.16 Å². The largest absolute Gasteiger partial charge is 0.349 e. The minimum Gasteiger partial charge on any atom is -0.349 e. The lowest BCUT2D eigenvalue weighted by Gasteiger charge is -2.14. The van der Waals surface area contributed by atoms with Gasteiger partial charge in [0.2, 0.25) is 0 Å². The number of rotatable bonds is 8. The van der Waals surface area contributed by atoms with E-state index in [1.54, 1.807) is 16.3 Å². The highest BCUT2D eigenvalue weighted by Gasteiger charge is 2.23. The second-order valence-electron chi connectivity index (χ2n) is 8.48. The standard InChI is InChI=1S/C28H25N3O2S/c1-2-19-7-9-21(10-8-19)18-34-28-30-25-6-4-3-5-24(25)27(33)31(28)17-20-11-13-22(14-12-20)26(32)29-23-15-16-23/h2-14,23H,1,15-18H2,(H,29,32). The molecule has 1 aliphatic rings. The summed E-state index contributed by atoms with van der Waals surface area (Å²) in [5.74, 6) is 0.653. The van der Waals surface area contributed by atoms with Crippen molar-refractivity contribution in [2.75, 3.05) is 0 Å². The zero-order valence-electron chi connectivity index (χ0n) is 18.7. The fourth-order valence-corrected chi connectivity index (χ4v) is 4.69. The maximum atomic E-state index is 13.4. The van der Waals surface area contributed by atoms with Crippen molar-refractivity contribution in [2.24, 2.45) is 0 Å². The van der Waals surface area contributed by atoms with Gasteiger partial charge in [-0.05, 0) is 53.8 Å². The highest BCUT2D eigenvalue weighted by molar-refractivity contribution is 7.98. The Labute approximate surface area is 202 Å². The molecule has 0 spiro atoms. The second-order valence-corrected chi connectivity index (χ2v) is 9.42. The van der Waals surface area contributed by atoms with Gasteiger partial charge in [0.25, 0.3) is 11.5 Å². The first-order chi connectivity index (χ1) is 16.6. The van der Waals surface area contributed by atoms with E-state index in [2.05, 4.69) is 24.0 Å². The number of amides is 1. The van der Waals surface area contributed by atoms with Crippen molar-refractivity contribution >= 4 is 34.6 Å². The van der Waals surface area contributed by atoms with Crippen LogP contribution in [0.1, 0.15) is 39.9 Å². The van der Waals surface area contributed by atoms with Crippen LogP contribution in [0.3, 0.4) is 0 Å². The van der Waals surface area contributed by atoms with E-state index >= 15 is 0 Å². The number of benzene rings is 3. The molecule has 1 aliphatic carbocycles. The van der Waals surface area contributed by atoms with Gasteiger partial charge in [-0.25, -0.2) is 4.98 Å². The minimum absolute atomic E-state index is 0.0442. The number of hydrogen-bond donors (Lipinski definition) is 1. The fraction of sp³-hybridized carbons (Fsp3) is 0.179. The Morgan fingerprint density at radius 3 is 2.44 bits per heavy atom. The molecule has 1 aromatic heterocycles. The van der Waals surface area contributed by atoms with Crippen LogP contribution in [0.2, 0.25) is 0 Å². The number of thioether (sulfide) groups is 1. The zero-order chi connectivity index (χ0) is 23.5. The van der Waals surface area contributed by atoms with E-state index in [1.807, 2.05) is 66.7 Å². The van der Waals surface area contributed by atoms with Gasteiger partial charge in [0.1, 0.15) is 0 Å². The molecule has 1 heterocycles. The van der Waals surface area contributed by atoms with Gasteiger partial charge in [0, 0.05) is 17.4 Å². The van der Waals surface area contributed by atoms with Crippen molar-refractivity contribution in [1.82, 2.24) is 14.9 Å². The van der Waals surface area contributed by atoms with E-state index in [1.165, 1.54) is 0 Å². The Bertz CT molecular complexity index is 1400. The molecule has 1 fully saturated rings. The van der Waals surface area contributed by atoms with Crippen LogP contribution >= 0.6 is 11.8 Å². The number of aromatic nitrogens is 2. The van der Waals surface area contributed by atoms with Crippen LogP contribution in [0, 0.1) is 0 Å². The van der Waals surface area contributed by atoms with Gasteiger partial charge in [0.05, 0.1) is 17.4 Å². The Morgan fingerprint density at radius 1 is 1.03 bits per heavy atom. The molecular weight excluding hydrogens is 442 g/mol. The van der Waals surface area contributed by atoms with E-state index in [0.29, 0.717) is 40.0 Å². The Hall–Kier alpha value is -3.64. The summed E-state index contributed by atoms with van der Waals surface area (Å²) < 4.78 is 1.73. The number of para-hydroxylation sites is 1. The van der Waals surface area contributed by atoms with Gasteiger partial charge >= 0.3 is 0 Å². The molecule has 34 heavy (non-hydrogen) atoms. The monoisotopic (exact) mass is 467 g/mol. The molecule has 0 unspecified atom stereocenters. The quantitative estimate of drug-likeness (QED) is 0.283. The van der Waals surface area contributed by atoms with Crippen molar-refractivity contribution in [2.45, 2.75) is 36.3 Å². The molecule has 1 N–H and O–H groups in total. The third-order valence-corrected chi connectivity index (χ3v) is 6.93. The third kappa shape index (κ3) is 4.97. The summed E-state index contributed by atoms with van der Waals surface area (Å²) >= 11 is 1.55. The van der Waals surface area contributed by atoms with Crippen LogP contribution in [0.5, 0.6) is 0 Å². The van der Waals surface area contributed by atoms with Crippen molar-refractivity contribution in [3.63, 3.8) is 0 Å². The van der Waals surface area contributed by atoms with Gasteiger partial charge in [-0.1, -0.05) is 72.9 Å². The molecule has 0 bridgehead atoms. The van der Waals surface area contributed by atoms with Gasteiger partial charge < -0.3 is 5.32 Å². The molecule has 0 atom stereocenters. The molecule has 3 aromatic carbocycles. The third-order valence-electron chi connectivity index (χ3n) is 5.88. The summed E-state index contributed by atoms with van der Waals surface area (Å²) in [6.07, 6.45) is 3.93. The molecule has 0 saturated heterocycles. The van der Waals surface area contributed by atoms with Crippen LogP contribution in [-0.4, -0.2) is 21.5 Å². The average molecular weight is 468 g/mol. The van der Waals surface area contributed by atoms with Crippen LogP contribution < -0.4 is 10.9 Å². The molecule has 170 valence electrons. The minimum atomic E-state index is -0.0642. The van der Waals surface area contributed by atoms with E-state index in [9.17, 15) is 9.59 Å².